The number of carbonyl (C=O) groups is 2. The standard InChI is InChI=1S/C24H30FN3O3/c1-2-3-14-31-24-19(6-4-12-26-24)16-27-23(30)20-7-5-13-28(17-20)22(29)15-18-8-10-21(25)11-9-18/h4,6,8-12,20H,2-3,5,7,13-17H2,1H3,(H,27,30). The van der Waals surface area contributed by atoms with E-state index in [1.807, 2.05) is 12.1 Å². The molecule has 1 saturated heterocycles. The molecule has 1 unspecified atom stereocenters. The van der Waals surface area contributed by atoms with Crippen molar-refractivity contribution < 1.29 is 18.7 Å². The quantitative estimate of drug-likeness (QED) is 0.622. The first-order chi connectivity index (χ1) is 15.1. The summed E-state index contributed by atoms with van der Waals surface area (Å²) in [5, 5.41) is 2.98. The van der Waals surface area contributed by atoms with Crippen molar-refractivity contribution in [2.24, 2.45) is 5.92 Å². The van der Waals surface area contributed by atoms with Crippen molar-refractivity contribution in [2.45, 2.75) is 45.6 Å². The Morgan fingerprint density at radius 1 is 1.26 bits per heavy atom. The number of hydrogen-bond donors (Lipinski definition) is 1. The minimum atomic E-state index is -0.321. The van der Waals surface area contributed by atoms with Crippen LogP contribution >= 0.6 is 0 Å². The van der Waals surface area contributed by atoms with Crippen LogP contribution in [-0.2, 0) is 22.6 Å². The smallest absolute Gasteiger partial charge is 0.227 e. The fraction of sp³-hybridized carbons (Fsp3) is 0.458. The van der Waals surface area contributed by atoms with Gasteiger partial charge in [0.1, 0.15) is 5.82 Å². The molecule has 2 aromatic rings. The van der Waals surface area contributed by atoms with Gasteiger partial charge in [0, 0.05) is 31.4 Å². The van der Waals surface area contributed by atoms with Gasteiger partial charge in [-0.2, -0.15) is 0 Å². The number of amides is 2. The number of rotatable bonds is 9. The van der Waals surface area contributed by atoms with Gasteiger partial charge in [-0.15, -0.1) is 0 Å². The van der Waals surface area contributed by atoms with E-state index in [0.29, 0.717) is 32.1 Å². The highest BCUT2D eigenvalue weighted by atomic mass is 19.1. The lowest BCUT2D eigenvalue weighted by Crippen LogP contribution is -2.45. The monoisotopic (exact) mass is 427 g/mol. The average Bonchev–Trinajstić information content (AvgIpc) is 2.80. The number of carbonyl (C=O) groups excluding carboxylic acids is 2. The largest absolute Gasteiger partial charge is 0.477 e. The molecule has 1 aliphatic heterocycles. The van der Waals surface area contributed by atoms with Gasteiger partial charge in [0.05, 0.1) is 18.9 Å². The first-order valence-corrected chi connectivity index (χ1v) is 10.9. The second kappa shape index (κ2) is 11.4. The molecule has 1 N–H and O–H groups in total. The van der Waals surface area contributed by atoms with Crippen LogP contribution in [0.25, 0.3) is 0 Å². The molecule has 1 aromatic heterocycles. The second-order valence-electron chi connectivity index (χ2n) is 7.87. The van der Waals surface area contributed by atoms with E-state index in [1.54, 1.807) is 23.2 Å². The van der Waals surface area contributed by atoms with Gasteiger partial charge in [0.25, 0.3) is 0 Å². The molecule has 0 bridgehead atoms. The van der Waals surface area contributed by atoms with E-state index >= 15 is 0 Å². The van der Waals surface area contributed by atoms with Crippen LogP contribution in [0.15, 0.2) is 42.6 Å². The number of hydrogen-bond acceptors (Lipinski definition) is 4. The predicted octanol–water partition coefficient (Wildman–Crippen LogP) is 3.50. The van der Waals surface area contributed by atoms with E-state index < -0.39 is 0 Å². The molecular weight excluding hydrogens is 397 g/mol. The van der Waals surface area contributed by atoms with Crippen molar-refractivity contribution in [3.05, 3.63) is 59.5 Å². The van der Waals surface area contributed by atoms with Crippen molar-refractivity contribution in [1.29, 1.82) is 0 Å². The van der Waals surface area contributed by atoms with Crippen molar-refractivity contribution in [3.8, 4) is 5.88 Å². The number of benzene rings is 1. The minimum Gasteiger partial charge on any atom is -0.477 e. The molecule has 7 heteroatoms. The lowest BCUT2D eigenvalue weighted by molar-refractivity contribution is -0.135. The van der Waals surface area contributed by atoms with Crippen LogP contribution < -0.4 is 10.1 Å². The molecule has 166 valence electrons. The highest BCUT2D eigenvalue weighted by molar-refractivity contribution is 5.82. The Labute approximate surface area is 182 Å². The number of nitrogens with one attached hydrogen (secondary N) is 1. The fourth-order valence-electron chi connectivity index (χ4n) is 3.63. The summed E-state index contributed by atoms with van der Waals surface area (Å²) < 4.78 is 18.8. The molecule has 31 heavy (non-hydrogen) atoms. The number of halogens is 1. The summed E-state index contributed by atoms with van der Waals surface area (Å²) in [5.41, 5.74) is 1.61. The highest BCUT2D eigenvalue weighted by Gasteiger charge is 2.28. The molecule has 2 heterocycles. The third-order valence-electron chi connectivity index (χ3n) is 5.45. The van der Waals surface area contributed by atoms with E-state index in [0.717, 1.165) is 36.8 Å². The molecule has 1 atom stereocenters. The Kier molecular flexibility index (Phi) is 8.38. The maximum atomic E-state index is 13.1. The van der Waals surface area contributed by atoms with Gasteiger partial charge in [-0.05, 0) is 43.0 Å². The molecule has 1 fully saturated rings. The van der Waals surface area contributed by atoms with Crippen LogP contribution in [0.3, 0.4) is 0 Å². The zero-order chi connectivity index (χ0) is 22.1. The van der Waals surface area contributed by atoms with Gasteiger partial charge in [-0.25, -0.2) is 9.37 Å². The molecule has 0 radical (unpaired) electrons. The molecular formula is C24H30FN3O3. The molecule has 6 nitrogen and oxygen atoms in total. The zero-order valence-corrected chi connectivity index (χ0v) is 18.0. The molecule has 0 saturated carbocycles. The summed E-state index contributed by atoms with van der Waals surface area (Å²) >= 11 is 0. The highest BCUT2D eigenvalue weighted by Crippen LogP contribution is 2.19. The Morgan fingerprint density at radius 2 is 2.06 bits per heavy atom. The fourth-order valence-corrected chi connectivity index (χ4v) is 3.63. The number of aromatic nitrogens is 1. The predicted molar refractivity (Wildman–Crippen MR) is 116 cm³/mol. The van der Waals surface area contributed by atoms with Crippen molar-refractivity contribution >= 4 is 11.8 Å². The van der Waals surface area contributed by atoms with Gasteiger partial charge < -0.3 is 15.0 Å². The van der Waals surface area contributed by atoms with E-state index in [-0.39, 0.29) is 30.0 Å². The number of ether oxygens (including phenoxy) is 1. The first-order valence-electron chi connectivity index (χ1n) is 10.9. The van der Waals surface area contributed by atoms with Crippen molar-refractivity contribution in [1.82, 2.24) is 15.2 Å². The number of likely N-dealkylation sites (tertiary alicyclic amines) is 1. The maximum Gasteiger partial charge on any atom is 0.227 e. The zero-order valence-electron chi connectivity index (χ0n) is 18.0. The van der Waals surface area contributed by atoms with Crippen molar-refractivity contribution in [3.63, 3.8) is 0 Å². The van der Waals surface area contributed by atoms with Gasteiger partial charge in [-0.3, -0.25) is 9.59 Å². The van der Waals surface area contributed by atoms with E-state index in [2.05, 4.69) is 17.2 Å². The lowest BCUT2D eigenvalue weighted by Gasteiger charge is -2.32. The number of unbranched alkanes of at least 4 members (excludes halogenated alkanes) is 1. The first kappa shape index (κ1) is 22.7. The number of pyridine rings is 1. The van der Waals surface area contributed by atoms with Crippen LogP contribution in [0.1, 0.15) is 43.7 Å². The Morgan fingerprint density at radius 3 is 2.84 bits per heavy atom. The van der Waals surface area contributed by atoms with E-state index in [1.165, 1.54) is 12.1 Å². The topological polar surface area (TPSA) is 71.5 Å². The Bertz CT molecular complexity index is 873. The van der Waals surface area contributed by atoms with Crippen LogP contribution in [0.5, 0.6) is 5.88 Å². The number of piperidine rings is 1. The Balaban J connectivity index is 1.51. The Hall–Kier alpha value is -2.96. The molecule has 2 amide bonds. The van der Waals surface area contributed by atoms with Crippen LogP contribution in [-0.4, -0.2) is 41.4 Å². The summed E-state index contributed by atoms with van der Waals surface area (Å²) in [5.74, 6) is -0.118. The summed E-state index contributed by atoms with van der Waals surface area (Å²) in [7, 11) is 0. The summed E-state index contributed by atoms with van der Waals surface area (Å²) in [6.07, 6.45) is 5.41. The minimum absolute atomic E-state index is 0.0389. The molecule has 0 spiro atoms. The van der Waals surface area contributed by atoms with Crippen LogP contribution in [0, 0.1) is 11.7 Å². The molecule has 1 aliphatic rings. The van der Waals surface area contributed by atoms with Gasteiger partial charge in [0.2, 0.25) is 17.7 Å². The molecule has 3 rings (SSSR count). The average molecular weight is 428 g/mol. The summed E-state index contributed by atoms with van der Waals surface area (Å²) in [6, 6.07) is 9.67. The molecule has 1 aromatic carbocycles. The second-order valence-corrected chi connectivity index (χ2v) is 7.87. The van der Waals surface area contributed by atoms with Crippen LogP contribution in [0.4, 0.5) is 4.39 Å². The van der Waals surface area contributed by atoms with Crippen LogP contribution in [0.2, 0.25) is 0 Å². The number of nitrogens with zero attached hydrogens (tertiary/aromatic N) is 2. The van der Waals surface area contributed by atoms with Crippen molar-refractivity contribution in [2.75, 3.05) is 19.7 Å². The van der Waals surface area contributed by atoms with Gasteiger partial charge in [0.15, 0.2) is 0 Å². The van der Waals surface area contributed by atoms with Gasteiger partial charge >= 0.3 is 0 Å². The molecule has 0 aliphatic carbocycles. The summed E-state index contributed by atoms with van der Waals surface area (Å²) in [6.45, 7) is 4.08. The lowest BCUT2D eigenvalue weighted by atomic mass is 9.96. The third kappa shape index (κ3) is 6.77. The third-order valence-corrected chi connectivity index (χ3v) is 5.45. The van der Waals surface area contributed by atoms with Gasteiger partial charge in [-0.1, -0.05) is 31.5 Å². The van der Waals surface area contributed by atoms with E-state index in [4.69, 9.17) is 4.74 Å². The van der Waals surface area contributed by atoms with E-state index in [9.17, 15) is 14.0 Å². The normalized spacial score (nSPS) is 16.1. The summed E-state index contributed by atoms with van der Waals surface area (Å²) in [4.78, 5) is 31.4. The maximum absolute atomic E-state index is 13.1. The SMILES string of the molecule is CCCCOc1ncccc1CNC(=O)C1CCCN(C(=O)Cc2ccc(F)cc2)C1.